The van der Waals surface area contributed by atoms with Crippen LogP contribution in [0.3, 0.4) is 0 Å². The van der Waals surface area contributed by atoms with Gasteiger partial charge in [-0.1, -0.05) is 84.9 Å². The summed E-state index contributed by atoms with van der Waals surface area (Å²) in [4.78, 5) is 13.6. The molecule has 2 heteroatoms. The summed E-state index contributed by atoms with van der Waals surface area (Å²) in [6.45, 7) is 0. The molecular formula is C26H23NO. The molecule has 1 heterocycles. The maximum Gasteiger partial charge on any atom is 0.146 e. The van der Waals surface area contributed by atoms with Gasteiger partial charge in [0.2, 0.25) is 0 Å². The lowest BCUT2D eigenvalue weighted by Gasteiger charge is -2.29. The highest BCUT2D eigenvalue weighted by Crippen LogP contribution is 2.29. The standard InChI is InChI=1S/C26H23NO/c28-20-25-13-7-8-16-27(25)26-15-14-23(17-21-9-3-1-4-10-21)19-24(26)18-22-11-5-2-6-12-22/h1-16,19-20,25H,17-18H2. The van der Waals surface area contributed by atoms with E-state index in [4.69, 9.17) is 0 Å². The SMILES string of the molecule is O=CC1C=CC=CN1c1ccc(Cc2ccccc2)cc1Cc1ccccc1. The fourth-order valence-electron chi connectivity index (χ4n) is 3.65. The van der Waals surface area contributed by atoms with Gasteiger partial charge in [-0.25, -0.2) is 0 Å². The van der Waals surface area contributed by atoms with Gasteiger partial charge in [-0.3, -0.25) is 0 Å². The first-order valence-corrected chi connectivity index (χ1v) is 9.62. The minimum Gasteiger partial charge on any atom is -0.334 e. The van der Waals surface area contributed by atoms with Crippen molar-refractivity contribution in [2.45, 2.75) is 18.9 Å². The summed E-state index contributed by atoms with van der Waals surface area (Å²) < 4.78 is 0. The maximum atomic E-state index is 11.6. The maximum absolute atomic E-state index is 11.6. The molecule has 1 aliphatic heterocycles. The third kappa shape index (κ3) is 4.12. The number of nitrogens with zero attached hydrogens (tertiary/aromatic N) is 1. The van der Waals surface area contributed by atoms with Crippen molar-refractivity contribution in [3.8, 4) is 0 Å². The molecule has 3 aromatic carbocycles. The molecule has 0 saturated heterocycles. The lowest BCUT2D eigenvalue weighted by molar-refractivity contribution is -0.108. The minimum atomic E-state index is -0.264. The normalized spacial score (nSPS) is 15.6. The number of benzene rings is 3. The van der Waals surface area contributed by atoms with Gasteiger partial charge in [0.15, 0.2) is 0 Å². The third-order valence-corrected chi connectivity index (χ3v) is 5.04. The van der Waals surface area contributed by atoms with Crippen LogP contribution in [0.15, 0.2) is 103 Å². The Balaban J connectivity index is 1.71. The molecule has 0 aliphatic carbocycles. The van der Waals surface area contributed by atoms with E-state index in [9.17, 15) is 4.79 Å². The summed E-state index contributed by atoms with van der Waals surface area (Å²) in [6, 6.07) is 27.3. The Kier molecular flexibility index (Phi) is 5.48. The first-order chi connectivity index (χ1) is 13.8. The van der Waals surface area contributed by atoms with Crippen LogP contribution in [-0.4, -0.2) is 12.3 Å². The van der Waals surface area contributed by atoms with Crippen LogP contribution in [0.4, 0.5) is 5.69 Å². The van der Waals surface area contributed by atoms with E-state index in [2.05, 4.69) is 71.6 Å². The van der Waals surface area contributed by atoms with E-state index in [0.29, 0.717) is 0 Å². The quantitative estimate of drug-likeness (QED) is 0.551. The van der Waals surface area contributed by atoms with Crippen LogP contribution < -0.4 is 4.90 Å². The molecule has 0 saturated carbocycles. The van der Waals surface area contributed by atoms with Gasteiger partial charge < -0.3 is 9.69 Å². The largest absolute Gasteiger partial charge is 0.334 e. The van der Waals surface area contributed by atoms with Crippen molar-refractivity contribution in [1.82, 2.24) is 0 Å². The molecule has 0 spiro atoms. The molecule has 1 unspecified atom stereocenters. The smallest absolute Gasteiger partial charge is 0.146 e. The van der Waals surface area contributed by atoms with E-state index in [0.717, 1.165) is 24.8 Å². The summed E-state index contributed by atoms with van der Waals surface area (Å²) in [5.74, 6) is 0. The van der Waals surface area contributed by atoms with Crippen molar-refractivity contribution in [2.75, 3.05) is 4.90 Å². The molecule has 1 aliphatic rings. The number of hydrogen-bond acceptors (Lipinski definition) is 2. The Bertz CT molecular complexity index is 989. The highest BCUT2D eigenvalue weighted by molar-refractivity contribution is 5.73. The highest BCUT2D eigenvalue weighted by atomic mass is 16.1. The summed E-state index contributed by atoms with van der Waals surface area (Å²) >= 11 is 0. The lowest BCUT2D eigenvalue weighted by atomic mass is 9.96. The van der Waals surface area contributed by atoms with E-state index in [1.165, 1.54) is 22.3 Å². The summed E-state index contributed by atoms with van der Waals surface area (Å²) in [6.07, 6.45) is 10.5. The number of rotatable bonds is 6. The Morgan fingerprint density at radius 1 is 0.750 bits per heavy atom. The molecule has 28 heavy (non-hydrogen) atoms. The number of carbonyl (C=O) groups is 1. The zero-order chi connectivity index (χ0) is 19.2. The van der Waals surface area contributed by atoms with Gasteiger partial charge in [0.25, 0.3) is 0 Å². The molecular weight excluding hydrogens is 342 g/mol. The van der Waals surface area contributed by atoms with Crippen LogP contribution in [0.25, 0.3) is 0 Å². The molecule has 1 atom stereocenters. The Morgan fingerprint density at radius 2 is 1.43 bits per heavy atom. The van der Waals surface area contributed by atoms with Crippen LogP contribution in [0.1, 0.15) is 22.3 Å². The van der Waals surface area contributed by atoms with Crippen LogP contribution in [-0.2, 0) is 17.6 Å². The fraction of sp³-hybridized carbons (Fsp3) is 0.115. The number of allylic oxidation sites excluding steroid dienone is 2. The number of carbonyl (C=O) groups excluding carboxylic acids is 1. The second-order valence-corrected chi connectivity index (χ2v) is 7.05. The average molecular weight is 365 g/mol. The molecule has 3 aromatic rings. The molecule has 0 radical (unpaired) electrons. The third-order valence-electron chi connectivity index (χ3n) is 5.04. The summed E-state index contributed by atoms with van der Waals surface area (Å²) in [5, 5.41) is 0. The second kappa shape index (κ2) is 8.53. The Labute approximate surface area is 166 Å². The van der Waals surface area contributed by atoms with Crippen LogP contribution in [0, 0.1) is 0 Å². The van der Waals surface area contributed by atoms with E-state index in [1.807, 2.05) is 36.6 Å². The molecule has 0 N–H and O–H groups in total. The molecule has 0 bridgehead atoms. The molecule has 0 aromatic heterocycles. The number of aldehydes is 1. The molecule has 2 nitrogen and oxygen atoms in total. The minimum absolute atomic E-state index is 0.264. The van der Waals surface area contributed by atoms with Crippen molar-refractivity contribution in [1.29, 1.82) is 0 Å². The van der Waals surface area contributed by atoms with Crippen molar-refractivity contribution in [3.63, 3.8) is 0 Å². The zero-order valence-corrected chi connectivity index (χ0v) is 15.7. The highest BCUT2D eigenvalue weighted by Gasteiger charge is 2.19. The Hall–Kier alpha value is -3.39. The van der Waals surface area contributed by atoms with Crippen LogP contribution in [0.5, 0.6) is 0 Å². The fourth-order valence-corrected chi connectivity index (χ4v) is 3.65. The van der Waals surface area contributed by atoms with Gasteiger partial charge in [-0.05, 0) is 47.2 Å². The van der Waals surface area contributed by atoms with Crippen molar-refractivity contribution in [2.24, 2.45) is 0 Å². The average Bonchev–Trinajstić information content (AvgIpc) is 2.75. The Morgan fingerprint density at radius 3 is 2.11 bits per heavy atom. The summed E-state index contributed by atoms with van der Waals surface area (Å²) in [5.41, 5.74) is 6.15. The van der Waals surface area contributed by atoms with Crippen LogP contribution in [0.2, 0.25) is 0 Å². The van der Waals surface area contributed by atoms with Gasteiger partial charge in [-0.2, -0.15) is 0 Å². The van der Waals surface area contributed by atoms with Gasteiger partial charge in [-0.15, -0.1) is 0 Å². The lowest BCUT2D eigenvalue weighted by Crippen LogP contribution is -2.32. The van der Waals surface area contributed by atoms with Crippen molar-refractivity contribution >= 4 is 12.0 Å². The van der Waals surface area contributed by atoms with Crippen molar-refractivity contribution < 1.29 is 4.79 Å². The van der Waals surface area contributed by atoms with E-state index in [-0.39, 0.29) is 6.04 Å². The molecule has 138 valence electrons. The first kappa shape index (κ1) is 18.0. The monoisotopic (exact) mass is 365 g/mol. The molecule has 0 fully saturated rings. The van der Waals surface area contributed by atoms with Gasteiger partial charge >= 0.3 is 0 Å². The zero-order valence-electron chi connectivity index (χ0n) is 15.7. The molecule has 4 rings (SSSR count). The van der Waals surface area contributed by atoms with Crippen LogP contribution >= 0.6 is 0 Å². The van der Waals surface area contributed by atoms with E-state index < -0.39 is 0 Å². The summed E-state index contributed by atoms with van der Waals surface area (Å²) in [7, 11) is 0. The van der Waals surface area contributed by atoms with E-state index in [1.54, 1.807) is 0 Å². The van der Waals surface area contributed by atoms with Crippen molar-refractivity contribution in [3.05, 3.63) is 126 Å². The predicted molar refractivity (Wildman–Crippen MR) is 116 cm³/mol. The van der Waals surface area contributed by atoms with Gasteiger partial charge in [0.1, 0.15) is 12.3 Å². The molecule has 0 amide bonds. The number of hydrogen-bond donors (Lipinski definition) is 0. The first-order valence-electron chi connectivity index (χ1n) is 9.62. The number of anilines is 1. The predicted octanol–water partition coefficient (Wildman–Crippen LogP) is 5.33. The topological polar surface area (TPSA) is 20.3 Å². The second-order valence-electron chi connectivity index (χ2n) is 7.05. The van der Waals surface area contributed by atoms with Gasteiger partial charge in [0.05, 0.1) is 0 Å². The van der Waals surface area contributed by atoms with E-state index >= 15 is 0 Å². The van der Waals surface area contributed by atoms with Gasteiger partial charge in [0, 0.05) is 11.9 Å².